The number of benzene rings is 2. The summed E-state index contributed by atoms with van der Waals surface area (Å²) >= 11 is 0. The largest absolute Gasteiger partial charge is 0.368 e. The van der Waals surface area contributed by atoms with E-state index >= 15 is 8.78 Å². The second kappa shape index (κ2) is 11.2. The maximum absolute atomic E-state index is 15.2. The second-order valence-corrected chi connectivity index (χ2v) is 11.4. The van der Waals surface area contributed by atoms with Gasteiger partial charge in [-0.2, -0.15) is 0 Å². The molecule has 2 aromatic carbocycles. The molecule has 1 heterocycles. The third-order valence-electron chi connectivity index (χ3n) is 9.11. The number of hydrogen-bond donors (Lipinski definition) is 0. The lowest BCUT2D eigenvalue weighted by molar-refractivity contribution is 0.297. The zero-order valence-corrected chi connectivity index (χ0v) is 21.3. The van der Waals surface area contributed by atoms with Crippen LogP contribution >= 0.6 is 0 Å². The summed E-state index contributed by atoms with van der Waals surface area (Å²) in [6.07, 6.45) is 10.9. The first-order valence-electron chi connectivity index (χ1n) is 14.0. The monoisotopic (exact) mass is 502 g/mol. The fourth-order valence-corrected chi connectivity index (χ4v) is 6.78. The van der Waals surface area contributed by atoms with Crippen molar-refractivity contribution in [3.8, 4) is 0 Å². The van der Waals surface area contributed by atoms with Gasteiger partial charge in [0.15, 0.2) is 23.3 Å². The number of hydrogen-bond acceptors (Lipinski definition) is 1. The molecule has 0 aromatic heterocycles. The van der Waals surface area contributed by atoms with Gasteiger partial charge in [0.2, 0.25) is 0 Å². The van der Waals surface area contributed by atoms with E-state index in [-0.39, 0.29) is 17.9 Å². The lowest BCUT2D eigenvalue weighted by atomic mass is 9.75. The predicted molar refractivity (Wildman–Crippen MR) is 134 cm³/mol. The summed E-state index contributed by atoms with van der Waals surface area (Å²) in [5.41, 5.74) is 1.79. The van der Waals surface area contributed by atoms with Crippen LogP contribution in [0.4, 0.5) is 17.6 Å². The zero-order chi connectivity index (χ0) is 25.2. The molecule has 0 radical (unpaired) electrons. The topological polar surface area (TPSA) is 12.5 Å². The third-order valence-corrected chi connectivity index (χ3v) is 9.11. The Balaban J connectivity index is 1.15. The summed E-state index contributed by atoms with van der Waals surface area (Å²) in [5.74, 6) is -1.54. The Kier molecular flexibility index (Phi) is 8.05. The van der Waals surface area contributed by atoms with Gasteiger partial charge in [0, 0.05) is 5.56 Å². The maximum atomic E-state index is 15.2. The molecule has 0 amide bonds. The van der Waals surface area contributed by atoms with Crippen molar-refractivity contribution in [3.05, 3.63) is 69.8 Å². The zero-order valence-electron chi connectivity index (χ0n) is 21.3. The van der Waals surface area contributed by atoms with Crippen LogP contribution in [0, 0.1) is 35.1 Å². The highest BCUT2D eigenvalue weighted by atomic mass is 19.2. The van der Waals surface area contributed by atoms with Gasteiger partial charge in [0.1, 0.15) is 6.10 Å². The highest BCUT2D eigenvalue weighted by Gasteiger charge is 2.31. The van der Waals surface area contributed by atoms with E-state index < -0.39 is 23.3 Å². The average molecular weight is 503 g/mol. The fraction of sp³-hybridized carbons (Fsp3) is 0.613. The SMILES string of the molecule is CCCC1CCC(c2ccc(C3CCC(CCc4ccc(C5CO5)c(F)c4F)CC3)c(F)c2F)CC1. The van der Waals surface area contributed by atoms with Crippen molar-refractivity contribution in [2.24, 2.45) is 11.8 Å². The van der Waals surface area contributed by atoms with Crippen LogP contribution in [0.3, 0.4) is 0 Å². The molecule has 2 aromatic rings. The molecule has 0 N–H and O–H groups in total. The molecule has 1 nitrogen and oxygen atoms in total. The van der Waals surface area contributed by atoms with E-state index in [9.17, 15) is 8.78 Å². The first-order valence-corrected chi connectivity index (χ1v) is 14.0. The van der Waals surface area contributed by atoms with Crippen LogP contribution in [0.5, 0.6) is 0 Å². The lowest BCUT2D eigenvalue weighted by Gasteiger charge is -2.31. The Morgan fingerprint density at radius 2 is 1.11 bits per heavy atom. The van der Waals surface area contributed by atoms with E-state index in [1.54, 1.807) is 12.1 Å². The summed E-state index contributed by atoms with van der Waals surface area (Å²) in [5, 5.41) is 0. The van der Waals surface area contributed by atoms with Crippen molar-refractivity contribution in [2.75, 3.05) is 6.61 Å². The van der Waals surface area contributed by atoms with Crippen LogP contribution in [0.15, 0.2) is 24.3 Å². The summed E-state index contributed by atoms with van der Waals surface area (Å²) in [6, 6.07) is 7.00. The summed E-state index contributed by atoms with van der Waals surface area (Å²) in [6.45, 7) is 2.66. The molecule has 1 atom stereocenters. The van der Waals surface area contributed by atoms with Gasteiger partial charge < -0.3 is 4.74 Å². The summed E-state index contributed by atoms with van der Waals surface area (Å²) in [7, 11) is 0. The number of epoxide rings is 1. The highest BCUT2D eigenvalue weighted by Crippen LogP contribution is 2.43. The molecule has 5 rings (SSSR count). The van der Waals surface area contributed by atoms with Crippen molar-refractivity contribution in [2.45, 2.75) is 102 Å². The van der Waals surface area contributed by atoms with Gasteiger partial charge in [-0.3, -0.25) is 0 Å². The van der Waals surface area contributed by atoms with E-state index in [1.807, 2.05) is 12.1 Å². The van der Waals surface area contributed by atoms with Crippen LogP contribution in [-0.4, -0.2) is 6.61 Å². The number of ether oxygens (including phenoxy) is 1. The molecule has 0 spiro atoms. The lowest BCUT2D eigenvalue weighted by Crippen LogP contribution is -2.18. The van der Waals surface area contributed by atoms with Crippen molar-refractivity contribution >= 4 is 0 Å². The Bertz CT molecular complexity index is 1050. The van der Waals surface area contributed by atoms with Gasteiger partial charge in [0.05, 0.1) is 6.61 Å². The molecule has 1 unspecified atom stereocenters. The van der Waals surface area contributed by atoms with Crippen LogP contribution in [0.1, 0.15) is 118 Å². The van der Waals surface area contributed by atoms with Crippen LogP contribution in [0.2, 0.25) is 0 Å². The Labute approximate surface area is 212 Å². The molecular weight excluding hydrogens is 464 g/mol. The Hall–Kier alpha value is -1.88. The predicted octanol–water partition coefficient (Wildman–Crippen LogP) is 9.29. The van der Waals surface area contributed by atoms with Gasteiger partial charge in [-0.05, 0) is 105 Å². The van der Waals surface area contributed by atoms with Gasteiger partial charge in [-0.15, -0.1) is 0 Å². The molecule has 0 bridgehead atoms. The first kappa shape index (κ1) is 25.8. The number of rotatable bonds is 8. The van der Waals surface area contributed by atoms with Gasteiger partial charge in [0.25, 0.3) is 0 Å². The van der Waals surface area contributed by atoms with E-state index in [0.717, 1.165) is 63.7 Å². The Morgan fingerprint density at radius 1 is 0.639 bits per heavy atom. The molecule has 2 saturated carbocycles. The molecule has 5 heteroatoms. The number of aryl methyl sites for hydroxylation is 1. The highest BCUT2D eigenvalue weighted by molar-refractivity contribution is 5.32. The van der Waals surface area contributed by atoms with Crippen LogP contribution < -0.4 is 0 Å². The summed E-state index contributed by atoms with van der Waals surface area (Å²) in [4.78, 5) is 0. The molecule has 36 heavy (non-hydrogen) atoms. The van der Waals surface area contributed by atoms with Crippen LogP contribution in [-0.2, 0) is 11.2 Å². The Morgan fingerprint density at radius 3 is 1.61 bits per heavy atom. The molecule has 196 valence electrons. The maximum Gasteiger partial charge on any atom is 0.164 e. The van der Waals surface area contributed by atoms with E-state index in [0.29, 0.717) is 41.2 Å². The fourth-order valence-electron chi connectivity index (χ4n) is 6.78. The number of halogens is 4. The standard InChI is InChI=1S/C31H38F4O/c1-2-3-19-4-9-21(10-5-19)24-16-17-25(30(34)29(24)33)22-11-6-20(7-12-22)8-13-23-14-15-26(27-18-36-27)31(35)28(23)32/h14-17,19-22,27H,2-13,18H2,1H3. The molecule has 3 aliphatic rings. The van der Waals surface area contributed by atoms with Crippen molar-refractivity contribution in [1.29, 1.82) is 0 Å². The second-order valence-electron chi connectivity index (χ2n) is 11.4. The van der Waals surface area contributed by atoms with Gasteiger partial charge in [-0.25, -0.2) is 17.6 Å². The molecule has 1 aliphatic heterocycles. The first-order chi connectivity index (χ1) is 17.5. The molecule has 1 saturated heterocycles. The molecule has 3 fully saturated rings. The van der Waals surface area contributed by atoms with Crippen molar-refractivity contribution in [3.63, 3.8) is 0 Å². The van der Waals surface area contributed by atoms with E-state index in [2.05, 4.69) is 6.92 Å². The minimum absolute atomic E-state index is 0.0251. The van der Waals surface area contributed by atoms with E-state index in [1.165, 1.54) is 12.8 Å². The quantitative estimate of drug-likeness (QED) is 0.259. The van der Waals surface area contributed by atoms with Crippen molar-refractivity contribution in [1.82, 2.24) is 0 Å². The normalized spacial score (nSPS) is 28.3. The van der Waals surface area contributed by atoms with Crippen molar-refractivity contribution < 1.29 is 22.3 Å². The van der Waals surface area contributed by atoms with Gasteiger partial charge >= 0.3 is 0 Å². The van der Waals surface area contributed by atoms with Crippen LogP contribution in [0.25, 0.3) is 0 Å². The van der Waals surface area contributed by atoms with E-state index in [4.69, 9.17) is 4.74 Å². The smallest absolute Gasteiger partial charge is 0.164 e. The molecule has 2 aliphatic carbocycles. The average Bonchev–Trinajstić information content (AvgIpc) is 3.73. The third kappa shape index (κ3) is 5.51. The minimum atomic E-state index is -0.784. The molecular formula is C31H38F4O. The summed E-state index contributed by atoms with van der Waals surface area (Å²) < 4.78 is 64.2. The van der Waals surface area contributed by atoms with Gasteiger partial charge in [-0.1, -0.05) is 44.0 Å². The minimum Gasteiger partial charge on any atom is -0.368 e.